The SMILES string of the molecule is C#CCN1CCC(Nc2ccccc2Br)CC1. The molecule has 17 heavy (non-hydrogen) atoms. The maximum absolute atomic E-state index is 5.32. The number of para-hydroxylation sites is 1. The highest BCUT2D eigenvalue weighted by Crippen LogP contribution is 2.24. The molecule has 1 fully saturated rings. The normalized spacial score (nSPS) is 17.6. The molecule has 90 valence electrons. The van der Waals surface area contributed by atoms with E-state index in [0.29, 0.717) is 6.04 Å². The standard InChI is InChI=1S/C14H17BrN2/c1-2-9-17-10-7-12(8-11-17)16-14-6-4-3-5-13(14)15/h1,3-6,12,16H,7-11H2. The van der Waals surface area contributed by atoms with E-state index in [9.17, 15) is 0 Å². The number of rotatable bonds is 3. The van der Waals surface area contributed by atoms with Crippen LogP contribution >= 0.6 is 15.9 Å². The molecule has 1 heterocycles. The number of terminal acetylenes is 1. The lowest BCUT2D eigenvalue weighted by Gasteiger charge is -2.31. The number of likely N-dealkylation sites (tertiary alicyclic amines) is 1. The monoisotopic (exact) mass is 292 g/mol. The number of hydrogen-bond acceptors (Lipinski definition) is 2. The summed E-state index contributed by atoms with van der Waals surface area (Å²) < 4.78 is 1.13. The highest BCUT2D eigenvalue weighted by molar-refractivity contribution is 9.10. The van der Waals surface area contributed by atoms with Gasteiger partial charge in [0.15, 0.2) is 0 Å². The Bertz CT molecular complexity index is 403. The summed E-state index contributed by atoms with van der Waals surface area (Å²) in [6, 6.07) is 8.82. The third-order valence-corrected chi connectivity index (χ3v) is 3.83. The molecule has 0 radical (unpaired) electrons. The Balaban J connectivity index is 1.86. The van der Waals surface area contributed by atoms with Crippen LogP contribution in [0.4, 0.5) is 5.69 Å². The van der Waals surface area contributed by atoms with E-state index in [2.05, 4.69) is 50.3 Å². The summed E-state index contributed by atoms with van der Waals surface area (Å²) in [6.07, 6.45) is 7.64. The molecule has 1 N–H and O–H groups in total. The third kappa shape index (κ3) is 3.49. The van der Waals surface area contributed by atoms with Crippen molar-refractivity contribution in [2.75, 3.05) is 25.0 Å². The van der Waals surface area contributed by atoms with Crippen molar-refractivity contribution in [1.82, 2.24) is 4.90 Å². The zero-order valence-corrected chi connectivity index (χ0v) is 11.4. The Morgan fingerprint density at radius 1 is 1.35 bits per heavy atom. The number of nitrogens with zero attached hydrogens (tertiary/aromatic N) is 1. The van der Waals surface area contributed by atoms with Gasteiger partial charge in [0, 0.05) is 29.3 Å². The Morgan fingerprint density at radius 2 is 2.06 bits per heavy atom. The summed E-state index contributed by atoms with van der Waals surface area (Å²) in [6.45, 7) is 2.96. The average molecular weight is 293 g/mol. The van der Waals surface area contributed by atoms with Crippen LogP contribution in [0.2, 0.25) is 0 Å². The van der Waals surface area contributed by atoms with Crippen LogP contribution in [0.3, 0.4) is 0 Å². The summed E-state index contributed by atoms with van der Waals surface area (Å²) in [5.41, 5.74) is 1.18. The van der Waals surface area contributed by atoms with Gasteiger partial charge in [-0.2, -0.15) is 0 Å². The van der Waals surface area contributed by atoms with Crippen molar-refractivity contribution in [3.05, 3.63) is 28.7 Å². The number of piperidine rings is 1. The molecule has 0 aliphatic carbocycles. The molecule has 1 aliphatic heterocycles. The maximum Gasteiger partial charge on any atom is 0.0598 e. The van der Waals surface area contributed by atoms with Gasteiger partial charge in [0.25, 0.3) is 0 Å². The minimum Gasteiger partial charge on any atom is -0.381 e. The second-order valence-electron chi connectivity index (χ2n) is 4.38. The van der Waals surface area contributed by atoms with Crippen molar-refractivity contribution in [2.24, 2.45) is 0 Å². The van der Waals surface area contributed by atoms with Crippen LogP contribution in [-0.2, 0) is 0 Å². The van der Waals surface area contributed by atoms with Gasteiger partial charge in [0.1, 0.15) is 0 Å². The maximum atomic E-state index is 5.32. The fourth-order valence-electron chi connectivity index (χ4n) is 2.16. The van der Waals surface area contributed by atoms with E-state index in [1.807, 2.05) is 6.07 Å². The van der Waals surface area contributed by atoms with E-state index in [-0.39, 0.29) is 0 Å². The minimum absolute atomic E-state index is 0.558. The van der Waals surface area contributed by atoms with E-state index in [0.717, 1.165) is 36.9 Å². The van der Waals surface area contributed by atoms with Crippen LogP contribution < -0.4 is 5.32 Å². The quantitative estimate of drug-likeness (QED) is 0.862. The molecule has 0 unspecified atom stereocenters. The molecule has 2 nitrogen and oxygen atoms in total. The molecule has 0 bridgehead atoms. The van der Waals surface area contributed by atoms with E-state index >= 15 is 0 Å². The fourth-order valence-corrected chi connectivity index (χ4v) is 2.56. The van der Waals surface area contributed by atoms with Crippen molar-refractivity contribution in [3.8, 4) is 12.3 Å². The summed E-state index contributed by atoms with van der Waals surface area (Å²) >= 11 is 3.56. The van der Waals surface area contributed by atoms with Crippen LogP contribution in [0.5, 0.6) is 0 Å². The van der Waals surface area contributed by atoms with Gasteiger partial charge in [-0.1, -0.05) is 18.1 Å². The number of anilines is 1. The predicted molar refractivity (Wildman–Crippen MR) is 76.1 cm³/mol. The van der Waals surface area contributed by atoms with Crippen molar-refractivity contribution in [1.29, 1.82) is 0 Å². The lowest BCUT2D eigenvalue weighted by Crippen LogP contribution is -2.39. The molecule has 1 aliphatic rings. The Hall–Kier alpha value is -0.980. The first-order valence-electron chi connectivity index (χ1n) is 5.96. The summed E-state index contributed by atoms with van der Waals surface area (Å²) in [5, 5.41) is 3.59. The van der Waals surface area contributed by atoms with E-state index in [4.69, 9.17) is 6.42 Å². The van der Waals surface area contributed by atoms with Crippen molar-refractivity contribution in [3.63, 3.8) is 0 Å². The van der Waals surface area contributed by atoms with Crippen molar-refractivity contribution < 1.29 is 0 Å². The Morgan fingerprint density at radius 3 is 2.71 bits per heavy atom. The second-order valence-corrected chi connectivity index (χ2v) is 5.23. The lowest BCUT2D eigenvalue weighted by atomic mass is 10.0. The van der Waals surface area contributed by atoms with Crippen LogP contribution in [0, 0.1) is 12.3 Å². The molecular weight excluding hydrogens is 276 g/mol. The molecule has 0 aromatic heterocycles. The molecule has 3 heteroatoms. The third-order valence-electron chi connectivity index (χ3n) is 3.14. The molecule has 2 rings (SSSR count). The average Bonchev–Trinajstić information content (AvgIpc) is 2.35. The van der Waals surface area contributed by atoms with Gasteiger partial charge in [0.05, 0.1) is 6.54 Å². The predicted octanol–water partition coefficient (Wildman–Crippen LogP) is 2.96. The Kier molecular flexibility index (Phi) is 4.47. The fraction of sp³-hybridized carbons (Fsp3) is 0.429. The van der Waals surface area contributed by atoms with Gasteiger partial charge in [-0.05, 0) is 40.9 Å². The topological polar surface area (TPSA) is 15.3 Å². The first-order chi connectivity index (χ1) is 8.29. The molecule has 0 spiro atoms. The summed E-state index contributed by atoms with van der Waals surface area (Å²) in [4.78, 5) is 2.33. The smallest absolute Gasteiger partial charge is 0.0598 e. The van der Waals surface area contributed by atoms with Gasteiger partial charge in [0.2, 0.25) is 0 Å². The largest absolute Gasteiger partial charge is 0.381 e. The van der Waals surface area contributed by atoms with Gasteiger partial charge in [-0.3, -0.25) is 4.90 Å². The van der Waals surface area contributed by atoms with Gasteiger partial charge in [-0.15, -0.1) is 6.42 Å². The van der Waals surface area contributed by atoms with Crippen LogP contribution in [0.15, 0.2) is 28.7 Å². The first-order valence-corrected chi connectivity index (χ1v) is 6.76. The zero-order chi connectivity index (χ0) is 12.1. The summed E-state index contributed by atoms with van der Waals surface area (Å²) in [5.74, 6) is 2.71. The van der Waals surface area contributed by atoms with Gasteiger partial charge < -0.3 is 5.32 Å². The molecule has 1 aromatic rings. The minimum atomic E-state index is 0.558. The second kappa shape index (κ2) is 6.09. The number of halogens is 1. The molecule has 0 atom stereocenters. The van der Waals surface area contributed by atoms with Crippen LogP contribution in [0.25, 0.3) is 0 Å². The number of benzene rings is 1. The van der Waals surface area contributed by atoms with Crippen LogP contribution in [-0.4, -0.2) is 30.6 Å². The Labute approximate surface area is 112 Å². The van der Waals surface area contributed by atoms with E-state index in [1.165, 1.54) is 5.69 Å². The van der Waals surface area contributed by atoms with Crippen molar-refractivity contribution >= 4 is 21.6 Å². The number of hydrogen-bond donors (Lipinski definition) is 1. The number of nitrogens with one attached hydrogen (secondary N) is 1. The first kappa shape index (κ1) is 12.5. The highest BCUT2D eigenvalue weighted by Gasteiger charge is 2.18. The zero-order valence-electron chi connectivity index (χ0n) is 9.82. The molecule has 0 amide bonds. The highest BCUT2D eigenvalue weighted by atomic mass is 79.9. The molecule has 0 saturated carbocycles. The lowest BCUT2D eigenvalue weighted by molar-refractivity contribution is 0.243. The van der Waals surface area contributed by atoms with Crippen molar-refractivity contribution in [2.45, 2.75) is 18.9 Å². The van der Waals surface area contributed by atoms with Gasteiger partial charge in [-0.25, -0.2) is 0 Å². The molecule has 1 saturated heterocycles. The summed E-state index contributed by atoms with van der Waals surface area (Å²) in [7, 11) is 0. The van der Waals surface area contributed by atoms with E-state index in [1.54, 1.807) is 0 Å². The molecular formula is C14H17BrN2. The molecule has 1 aromatic carbocycles. The van der Waals surface area contributed by atoms with Crippen LogP contribution in [0.1, 0.15) is 12.8 Å². The van der Waals surface area contributed by atoms with E-state index < -0.39 is 0 Å². The van der Waals surface area contributed by atoms with Gasteiger partial charge >= 0.3 is 0 Å².